The first-order valence-electron chi connectivity index (χ1n) is 12.1. The monoisotopic (exact) mass is 682 g/mol. The molecule has 2 aromatic carbocycles. The molecule has 1 fully saturated rings. The Balaban J connectivity index is 0.000000199. The molecule has 0 saturated carbocycles. The molecule has 12 nitrogen and oxygen atoms in total. The van der Waals surface area contributed by atoms with Crippen LogP contribution in [0.15, 0.2) is 70.0 Å². The smallest absolute Gasteiger partial charge is 0.260 e. The molecule has 0 spiro atoms. The molecule has 2 aliphatic carbocycles. The van der Waals surface area contributed by atoms with Gasteiger partial charge in [0, 0.05) is 22.3 Å². The van der Waals surface area contributed by atoms with Crippen LogP contribution in [0.2, 0.25) is 0 Å². The van der Waals surface area contributed by atoms with Gasteiger partial charge in [-0.3, -0.25) is 38.4 Å². The maximum atomic E-state index is 12.5. The number of hydrogen-bond donors (Lipinski definition) is 1. The molecule has 3 aliphatic rings. The number of ketones is 4. The fourth-order valence-electron chi connectivity index (χ4n) is 3.85. The van der Waals surface area contributed by atoms with Crippen molar-refractivity contribution in [2.75, 3.05) is 26.4 Å². The Kier molecular flexibility index (Phi) is 11.8. The highest BCUT2D eigenvalue weighted by molar-refractivity contribution is 6.64. The third-order valence-corrected chi connectivity index (χ3v) is 6.68. The summed E-state index contributed by atoms with van der Waals surface area (Å²) >= 11 is 21.3. The van der Waals surface area contributed by atoms with E-state index in [9.17, 15) is 38.4 Å². The number of benzene rings is 2. The van der Waals surface area contributed by atoms with Crippen LogP contribution in [0.5, 0.6) is 0 Å². The van der Waals surface area contributed by atoms with Crippen molar-refractivity contribution in [3.05, 3.63) is 92.2 Å². The Morgan fingerprint density at radius 2 is 1.07 bits per heavy atom. The van der Waals surface area contributed by atoms with Crippen LogP contribution >= 0.6 is 46.4 Å². The fraction of sp³-hybridized carbons (Fsp3) is 0.143. The number of Topliss-reactive ketones (excluding diaryl/α,β-unsaturated/α-hetero) is 4. The summed E-state index contributed by atoms with van der Waals surface area (Å²) in [6.07, 6.45) is 0. The van der Waals surface area contributed by atoms with E-state index in [1.807, 2.05) is 0 Å². The first kappa shape index (κ1) is 34.5. The average Bonchev–Trinajstić information content (AvgIpc) is 2.99. The van der Waals surface area contributed by atoms with Crippen molar-refractivity contribution in [2.45, 2.75) is 0 Å². The van der Waals surface area contributed by atoms with Crippen molar-refractivity contribution in [2.24, 2.45) is 5.73 Å². The second kappa shape index (κ2) is 15.1. The number of ether oxygens (including phenoxy) is 2. The zero-order chi connectivity index (χ0) is 32.7. The normalized spacial score (nSPS) is 16.0. The number of hydrogen-bond acceptors (Lipinski definition) is 11. The average molecular weight is 684 g/mol. The number of nitrogens with two attached hydrogens (primary N) is 1. The molecule has 1 heterocycles. The number of carbonyl (C=O) groups is 8. The van der Waals surface area contributed by atoms with Crippen LogP contribution in [0.4, 0.5) is 0 Å². The van der Waals surface area contributed by atoms with E-state index < -0.39 is 44.6 Å². The predicted molar refractivity (Wildman–Crippen MR) is 155 cm³/mol. The maximum Gasteiger partial charge on any atom is 0.260 e. The highest BCUT2D eigenvalue weighted by atomic mass is 35.5. The van der Waals surface area contributed by atoms with Gasteiger partial charge in [-0.2, -0.15) is 0 Å². The van der Waals surface area contributed by atoms with E-state index in [1.54, 1.807) is 36.4 Å². The minimum atomic E-state index is -0.722. The molecule has 5 rings (SSSR count). The number of fused-ring (bicyclic) bond motifs is 2. The number of nitrogens with zero attached hydrogens (tertiary/aromatic N) is 1. The van der Waals surface area contributed by atoms with Crippen molar-refractivity contribution in [1.82, 2.24) is 4.90 Å². The molecule has 2 aromatic rings. The molecule has 228 valence electrons. The molecule has 2 amide bonds. The highest BCUT2D eigenvalue weighted by Crippen LogP contribution is 2.31. The molecule has 2 N–H and O–H groups in total. The molecule has 44 heavy (non-hydrogen) atoms. The molecule has 0 unspecified atom stereocenters. The molecule has 0 bridgehead atoms. The van der Waals surface area contributed by atoms with Crippen LogP contribution in [-0.2, 0) is 28.7 Å². The van der Waals surface area contributed by atoms with Gasteiger partial charge in [-0.25, -0.2) is 4.90 Å². The number of allylic oxidation sites excluding steroid dienone is 4. The maximum absolute atomic E-state index is 12.5. The first-order valence-corrected chi connectivity index (χ1v) is 13.6. The summed E-state index contributed by atoms with van der Waals surface area (Å²) in [6, 6.07) is 12.6. The summed E-state index contributed by atoms with van der Waals surface area (Å²) in [6.45, 7) is -1.24. The topological polar surface area (TPSA) is 184 Å². The molecule has 0 aromatic heterocycles. The van der Waals surface area contributed by atoms with Crippen LogP contribution in [0.3, 0.4) is 0 Å². The summed E-state index contributed by atoms with van der Waals surface area (Å²) in [5, 5.41) is -1.91. The Morgan fingerprint density at radius 1 is 0.682 bits per heavy atom. The van der Waals surface area contributed by atoms with E-state index in [-0.39, 0.29) is 59.9 Å². The standard InChI is InChI=1S/C14H8ClNO5.C10H6ClNO2.C4H4Cl2O3/c15-11-12(16-9(17)5-21-6-10(16)18)14(20)8-4-2-1-3-7(8)13(11)19;11-7-8(12)10(14)6-4-2-1-3-5(6)9(7)13;5-3(7)1-9-2-4(6)8/h1-4H,5-6H2;1-4H,12H2;1-2H2. The lowest BCUT2D eigenvalue weighted by molar-refractivity contribution is -0.155. The van der Waals surface area contributed by atoms with Gasteiger partial charge >= 0.3 is 0 Å². The van der Waals surface area contributed by atoms with Crippen molar-refractivity contribution < 1.29 is 47.8 Å². The van der Waals surface area contributed by atoms with Gasteiger partial charge in [0.15, 0.2) is 0 Å². The number of rotatable bonds is 5. The molecular weight excluding hydrogens is 666 g/mol. The van der Waals surface area contributed by atoms with Gasteiger partial charge in [-0.05, 0) is 23.2 Å². The third-order valence-electron chi connectivity index (χ3n) is 5.74. The van der Waals surface area contributed by atoms with Crippen LogP contribution < -0.4 is 5.73 Å². The fourth-order valence-corrected chi connectivity index (χ4v) is 4.47. The molecule has 1 aliphatic heterocycles. The van der Waals surface area contributed by atoms with Gasteiger partial charge in [0.25, 0.3) is 11.8 Å². The first-order chi connectivity index (χ1) is 20.8. The Labute approximate surface area is 268 Å². The van der Waals surface area contributed by atoms with Gasteiger partial charge in [0.2, 0.25) is 33.6 Å². The van der Waals surface area contributed by atoms with E-state index in [0.717, 1.165) is 0 Å². The number of morpholine rings is 1. The van der Waals surface area contributed by atoms with Crippen LogP contribution in [0.25, 0.3) is 0 Å². The van der Waals surface area contributed by atoms with Gasteiger partial charge in [0.05, 0.1) is 0 Å². The van der Waals surface area contributed by atoms with E-state index >= 15 is 0 Å². The molecule has 1 saturated heterocycles. The van der Waals surface area contributed by atoms with E-state index in [2.05, 4.69) is 4.74 Å². The van der Waals surface area contributed by atoms with Crippen molar-refractivity contribution in [3.8, 4) is 0 Å². The van der Waals surface area contributed by atoms with E-state index in [1.165, 1.54) is 12.1 Å². The summed E-state index contributed by atoms with van der Waals surface area (Å²) in [7, 11) is 0. The van der Waals surface area contributed by atoms with E-state index in [4.69, 9.17) is 56.9 Å². The third kappa shape index (κ3) is 7.72. The molecule has 0 atom stereocenters. The predicted octanol–water partition coefficient (Wildman–Crippen LogP) is 2.91. The van der Waals surface area contributed by atoms with Crippen molar-refractivity contribution in [1.29, 1.82) is 0 Å². The van der Waals surface area contributed by atoms with E-state index in [0.29, 0.717) is 16.0 Å². The minimum absolute atomic E-state index is 0.119. The molecule has 16 heteroatoms. The lowest BCUT2D eigenvalue weighted by Gasteiger charge is -2.29. The zero-order valence-electron chi connectivity index (χ0n) is 22.1. The number of amides is 2. The Morgan fingerprint density at radius 3 is 1.50 bits per heavy atom. The second-order valence-corrected chi connectivity index (χ2v) is 10.2. The Hall–Kier alpha value is -4.04. The van der Waals surface area contributed by atoms with Gasteiger partial charge in [-0.1, -0.05) is 71.7 Å². The Bertz CT molecular complexity index is 1610. The van der Waals surface area contributed by atoms with Crippen molar-refractivity contribution in [3.63, 3.8) is 0 Å². The molecular formula is C28H18Cl4N2O10. The van der Waals surface area contributed by atoms with Gasteiger partial charge in [-0.15, -0.1) is 0 Å². The highest BCUT2D eigenvalue weighted by Gasteiger charge is 2.40. The van der Waals surface area contributed by atoms with Crippen LogP contribution in [0, 0.1) is 0 Å². The van der Waals surface area contributed by atoms with Gasteiger partial charge < -0.3 is 15.2 Å². The zero-order valence-corrected chi connectivity index (χ0v) is 25.1. The number of imide groups is 1. The second-order valence-electron chi connectivity index (χ2n) is 8.62. The van der Waals surface area contributed by atoms with Crippen molar-refractivity contribution >= 4 is 91.8 Å². The summed E-state index contributed by atoms with van der Waals surface area (Å²) in [5.74, 6) is -3.43. The largest absolute Gasteiger partial charge is 0.394 e. The SMILES string of the molecule is NC1=C(Cl)C(=O)c2ccccc2C1=O.O=C(Cl)COCC(=O)Cl.O=C1C(Cl)=C(N2C(=O)COCC2=O)C(=O)c2ccccc21. The lowest BCUT2D eigenvalue weighted by Crippen LogP contribution is -2.48. The summed E-state index contributed by atoms with van der Waals surface area (Å²) in [5.41, 5.74) is 5.75. The number of halogens is 4. The number of carbonyl (C=O) groups excluding carboxylic acids is 8. The van der Waals surface area contributed by atoms with Crippen LogP contribution in [-0.4, -0.2) is 76.8 Å². The molecule has 0 radical (unpaired) electrons. The minimum Gasteiger partial charge on any atom is -0.394 e. The summed E-state index contributed by atoms with van der Waals surface area (Å²) in [4.78, 5) is 91.9. The van der Waals surface area contributed by atoms with Crippen LogP contribution in [0.1, 0.15) is 41.4 Å². The van der Waals surface area contributed by atoms with Gasteiger partial charge in [0.1, 0.15) is 47.9 Å². The lowest BCUT2D eigenvalue weighted by atomic mass is 9.91. The quantitative estimate of drug-likeness (QED) is 0.361. The summed E-state index contributed by atoms with van der Waals surface area (Å²) < 4.78 is 9.17.